The van der Waals surface area contributed by atoms with Crippen LogP contribution in [-0.4, -0.2) is 21.5 Å². The van der Waals surface area contributed by atoms with Crippen molar-refractivity contribution in [1.29, 1.82) is 0 Å². The molecule has 1 aromatic heterocycles. The van der Waals surface area contributed by atoms with Crippen LogP contribution >= 0.6 is 11.6 Å². The average Bonchev–Trinajstić information content (AvgIpc) is 2.86. The van der Waals surface area contributed by atoms with E-state index in [0.717, 1.165) is 49.3 Å². The lowest BCUT2D eigenvalue weighted by molar-refractivity contribution is 0.0904. The van der Waals surface area contributed by atoms with Crippen molar-refractivity contribution in [2.24, 2.45) is 5.92 Å². The Labute approximate surface area is 166 Å². The Kier molecular flexibility index (Phi) is 5.53. The lowest BCUT2D eigenvalue weighted by Crippen LogP contribution is -2.41. The molecule has 0 bridgehead atoms. The summed E-state index contributed by atoms with van der Waals surface area (Å²) in [6.07, 6.45) is 9.11. The lowest BCUT2D eigenvalue weighted by Gasteiger charge is -2.29. The van der Waals surface area contributed by atoms with Crippen LogP contribution in [0.1, 0.15) is 68.1 Å². The molecule has 0 spiro atoms. The van der Waals surface area contributed by atoms with Gasteiger partial charge in [-0.25, -0.2) is 4.98 Å². The topological polar surface area (TPSA) is 46.9 Å². The molecule has 4 rings (SSSR count). The Balaban J connectivity index is 1.67. The number of halogens is 1. The number of carbonyl (C=O) groups is 1. The summed E-state index contributed by atoms with van der Waals surface area (Å²) in [7, 11) is 0. The second kappa shape index (κ2) is 8.05. The number of imidazole rings is 1. The van der Waals surface area contributed by atoms with Crippen molar-refractivity contribution < 1.29 is 4.79 Å². The number of nitrogens with one attached hydrogen (secondary N) is 1. The first kappa shape index (κ1) is 18.5. The third kappa shape index (κ3) is 3.91. The molecule has 1 aromatic carbocycles. The van der Waals surface area contributed by atoms with Crippen molar-refractivity contribution in [2.75, 3.05) is 0 Å². The van der Waals surface area contributed by atoms with Gasteiger partial charge in [-0.1, -0.05) is 37.8 Å². The lowest BCUT2D eigenvalue weighted by atomic mass is 9.86. The van der Waals surface area contributed by atoms with Crippen molar-refractivity contribution >= 4 is 17.5 Å². The van der Waals surface area contributed by atoms with Gasteiger partial charge in [-0.3, -0.25) is 4.79 Å². The Morgan fingerprint density at radius 3 is 2.67 bits per heavy atom. The minimum Gasteiger partial charge on any atom is -0.348 e. The predicted octanol–water partition coefficient (Wildman–Crippen LogP) is 5.24. The number of hydrogen-bond acceptors (Lipinski definition) is 2. The van der Waals surface area contributed by atoms with Gasteiger partial charge in [-0.2, -0.15) is 0 Å². The number of rotatable bonds is 3. The highest BCUT2D eigenvalue weighted by Crippen LogP contribution is 2.29. The molecule has 4 nitrogen and oxygen atoms in total. The van der Waals surface area contributed by atoms with Gasteiger partial charge in [0, 0.05) is 23.2 Å². The highest BCUT2D eigenvalue weighted by Gasteiger charge is 2.28. The van der Waals surface area contributed by atoms with E-state index in [1.165, 1.54) is 25.7 Å². The Morgan fingerprint density at radius 1 is 1.11 bits per heavy atom. The summed E-state index contributed by atoms with van der Waals surface area (Å²) in [5.74, 6) is 1.43. The molecule has 2 atom stereocenters. The Hall–Kier alpha value is -1.81. The number of carbonyl (C=O) groups excluding carboxylic acids is 1. The molecule has 1 fully saturated rings. The molecule has 2 heterocycles. The molecule has 1 aliphatic heterocycles. The maximum atomic E-state index is 13.1. The van der Waals surface area contributed by atoms with Crippen molar-refractivity contribution in [3.63, 3.8) is 0 Å². The number of aromatic nitrogens is 2. The third-order valence-electron chi connectivity index (χ3n) is 6.11. The second-order valence-electron chi connectivity index (χ2n) is 8.04. The van der Waals surface area contributed by atoms with E-state index in [0.29, 0.717) is 16.6 Å². The molecule has 0 unspecified atom stereocenters. The number of hydrogen-bond donors (Lipinski definition) is 1. The van der Waals surface area contributed by atoms with Gasteiger partial charge in [-0.15, -0.1) is 0 Å². The molecule has 1 saturated carbocycles. The summed E-state index contributed by atoms with van der Waals surface area (Å²) >= 11 is 6.06. The first-order valence-corrected chi connectivity index (χ1v) is 10.7. The molecular weight excluding hydrogens is 358 g/mol. The van der Waals surface area contributed by atoms with Crippen molar-refractivity contribution in [1.82, 2.24) is 14.9 Å². The van der Waals surface area contributed by atoms with Gasteiger partial charge in [0.1, 0.15) is 11.5 Å². The third-order valence-corrected chi connectivity index (χ3v) is 6.37. The van der Waals surface area contributed by atoms with Crippen LogP contribution in [0.5, 0.6) is 0 Å². The van der Waals surface area contributed by atoms with Crippen LogP contribution in [0.3, 0.4) is 0 Å². The van der Waals surface area contributed by atoms with E-state index in [2.05, 4.69) is 16.8 Å². The van der Waals surface area contributed by atoms with E-state index >= 15 is 0 Å². The van der Waals surface area contributed by atoms with Crippen molar-refractivity contribution in [2.45, 2.75) is 70.9 Å². The maximum Gasteiger partial charge on any atom is 0.272 e. The molecule has 144 valence electrons. The minimum absolute atomic E-state index is 0.000358. The zero-order chi connectivity index (χ0) is 18.8. The molecule has 5 heteroatoms. The van der Waals surface area contributed by atoms with Crippen molar-refractivity contribution in [3.8, 4) is 11.4 Å². The average molecular weight is 386 g/mol. The van der Waals surface area contributed by atoms with E-state index in [-0.39, 0.29) is 11.9 Å². The van der Waals surface area contributed by atoms with Gasteiger partial charge >= 0.3 is 0 Å². The summed E-state index contributed by atoms with van der Waals surface area (Å²) < 4.78 is 2.26. The second-order valence-corrected chi connectivity index (χ2v) is 8.48. The normalized spacial score (nSPS) is 22.7. The van der Waals surface area contributed by atoms with Crippen LogP contribution in [0, 0.1) is 5.92 Å². The molecule has 27 heavy (non-hydrogen) atoms. The van der Waals surface area contributed by atoms with E-state index in [9.17, 15) is 4.79 Å². The molecule has 0 saturated heterocycles. The van der Waals surface area contributed by atoms with Crippen LogP contribution in [0.25, 0.3) is 11.4 Å². The molecule has 1 aliphatic carbocycles. The molecule has 1 amide bonds. The van der Waals surface area contributed by atoms with Gasteiger partial charge in [0.05, 0.1) is 5.69 Å². The van der Waals surface area contributed by atoms with Crippen molar-refractivity contribution in [3.05, 3.63) is 40.7 Å². The van der Waals surface area contributed by atoms with Gasteiger partial charge in [0.25, 0.3) is 5.91 Å². The quantitative estimate of drug-likeness (QED) is 0.785. The van der Waals surface area contributed by atoms with E-state index in [4.69, 9.17) is 16.6 Å². The van der Waals surface area contributed by atoms with E-state index in [1.54, 1.807) is 0 Å². The zero-order valence-corrected chi connectivity index (χ0v) is 16.8. The molecule has 1 N–H and O–H groups in total. The number of fused-ring (bicyclic) bond motifs is 1. The SMILES string of the molecule is C[C@H]1CCCC[C@@H]1NC(=O)c1nc(-c2ccc(Cl)cc2)n2c1CCCCC2. The Bertz CT molecular complexity index is 812. The standard InChI is InChI=1S/C22H28ClN3O/c1-15-7-4-5-8-18(15)24-22(27)20-19-9-3-2-6-14-26(19)21(25-20)16-10-12-17(23)13-11-16/h10-13,15,18H,2-9,14H2,1H3,(H,24,27)/t15-,18-/m0/s1. The number of amides is 1. The minimum atomic E-state index is -0.000358. The fourth-order valence-electron chi connectivity index (χ4n) is 4.49. The molecule has 0 radical (unpaired) electrons. The van der Waals surface area contributed by atoms with Gasteiger partial charge in [0.2, 0.25) is 0 Å². The number of nitrogens with zero attached hydrogens (tertiary/aromatic N) is 2. The Morgan fingerprint density at radius 2 is 1.89 bits per heavy atom. The first-order valence-electron chi connectivity index (χ1n) is 10.3. The summed E-state index contributed by atoms with van der Waals surface area (Å²) in [5.41, 5.74) is 2.74. The number of benzene rings is 1. The van der Waals surface area contributed by atoms with Crippen LogP contribution in [-0.2, 0) is 13.0 Å². The molecule has 2 aliphatic rings. The highest BCUT2D eigenvalue weighted by molar-refractivity contribution is 6.30. The van der Waals surface area contributed by atoms with Crippen LogP contribution in [0.2, 0.25) is 5.02 Å². The smallest absolute Gasteiger partial charge is 0.272 e. The van der Waals surface area contributed by atoms with Crippen LogP contribution in [0.4, 0.5) is 0 Å². The summed E-state index contributed by atoms with van der Waals surface area (Å²) in [6, 6.07) is 8.03. The first-order chi connectivity index (χ1) is 13.1. The van der Waals surface area contributed by atoms with Gasteiger partial charge in [-0.05, 0) is 62.3 Å². The van der Waals surface area contributed by atoms with E-state index in [1.807, 2.05) is 24.3 Å². The highest BCUT2D eigenvalue weighted by atomic mass is 35.5. The summed E-state index contributed by atoms with van der Waals surface area (Å²) in [6.45, 7) is 3.17. The van der Waals surface area contributed by atoms with Crippen LogP contribution in [0.15, 0.2) is 24.3 Å². The summed E-state index contributed by atoms with van der Waals surface area (Å²) in [4.78, 5) is 18.0. The molecule has 2 aromatic rings. The van der Waals surface area contributed by atoms with Gasteiger partial charge < -0.3 is 9.88 Å². The fraction of sp³-hybridized carbons (Fsp3) is 0.545. The van der Waals surface area contributed by atoms with E-state index < -0.39 is 0 Å². The zero-order valence-electron chi connectivity index (χ0n) is 16.0. The molecular formula is C22H28ClN3O. The van der Waals surface area contributed by atoms with Crippen LogP contribution < -0.4 is 5.32 Å². The fourth-order valence-corrected chi connectivity index (χ4v) is 4.61. The maximum absolute atomic E-state index is 13.1. The predicted molar refractivity (Wildman–Crippen MR) is 109 cm³/mol. The van der Waals surface area contributed by atoms with Gasteiger partial charge in [0.15, 0.2) is 0 Å². The summed E-state index contributed by atoms with van der Waals surface area (Å²) in [5, 5.41) is 4.01. The monoisotopic (exact) mass is 385 g/mol. The largest absolute Gasteiger partial charge is 0.348 e.